The summed E-state index contributed by atoms with van der Waals surface area (Å²) < 4.78 is 0. The molecule has 2 aromatic carbocycles. The summed E-state index contributed by atoms with van der Waals surface area (Å²) in [5, 5.41) is 6.18. The van der Waals surface area contributed by atoms with Gasteiger partial charge in [-0.05, 0) is 49.6 Å². The highest BCUT2D eigenvalue weighted by atomic mass is 16.1. The fourth-order valence-corrected chi connectivity index (χ4v) is 2.59. The number of carbonyl (C=O) groups excluding carboxylic acids is 1. The second-order valence-electron chi connectivity index (χ2n) is 6.04. The van der Waals surface area contributed by atoms with Gasteiger partial charge in [0.2, 0.25) is 0 Å². The first kappa shape index (κ1) is 16.9. The van der Waals surface area contributed by atoms with E-state index in [9.17, 15) is 4.79 Å². The smallest absolute Gasteiger partial charge is 0.278 e. The van der Waals surface area contributed by atoms with E-state index in [-0.39, 0.29) is 5.91 Å². The number of benzene rings is 2. The highest BCUT2D eigenvalue weighted by Gasteiger charge is 2.17. The number of hydrogen-bond acceptors (Lipinski definition) is 4. The van der Waals surface area contributed by atoms with Crippen LogP contribution in [0.25, 0.3) is 11.0 Å². The number of para-hydroxylation sites is 2. The van der Waals surface area contributed by atoms with Crippen molar-refractivity contribution in [2.45, 2.75) is 27.2 Å². The van der Waals surface area contributed by atoms with Crippen LogP contribution in [0.15, 0.2) is 42.5 Å². The average molecular weight is 334 g/mol. The Morgan fingerprint density at radius 3 is 2.44 bits per heavy atom. The van der Waals surface area contributed by atoms with Crippen LogP contribution < -0.4 is 10.6 Å². The molecule has 128 valence electrons. The maximum atomic E-state index is 12.9. The van der Waals surface area contributed by atoms with Crippen molar-refractivity contribution in [3.05, 3.63) is 59.3 Å². The second-order valence-corrected chi connectivity index (χ2v) is 6.04. The fourth-order valence-electron chi connectivity index (χ4n) is 2.59. The summed E-state index contributed by atoms with van der Waals surface area (Å²) in [4.78, 5) is 22.0. The van der Waals surface area contributed by atoms with Gasteiger partial charge in [-0.2, -0.15) is 0 Å². The molecule has 0 saturated heterocycles. The third kappa shape index (κ3) is 3.60. The van der Waals surface area contributed by atoms with Crippen molar-refractivity contribution >= 4 is 28.4 Å². The Labute approximate surface area is 147 Å². The lowest BCUT2D eigenvalue weighted by Crippen LogP contribution is -2.19. The van der Waals surface area contributed by atoms with Gasteiger partial charge in [0.1, 0.15) is 0 Å². The van der Waals surface area contributed by atoms with Crippen molar-refractivity contribution in [3.63, 3.8) is 0 Å². The molecule has 1 aromatic heterocycles. The van der Waals surface area contributed by atoms with Crippen LogP contribution in [0, 0.1) is 13.8 Å². The molecule has 0 aliphatic rings. The van der Waals surface area contributed by atoms with Crippen molar-refractivity contribution in [2.75, 3.05) is 17.2 Å². The SMILES string of the molecule is CCCNc1nc2ccccc2nc1C(=O)Nc1cccc(C)c1C. The molecule has 0 aliphatic heterocycles. The minimum absolute atomic E-state index is 0.259. The molecule has 1 heterocycles. The molecule has 0 radical (unpaired) electrons. The molecule has 1 amide bonds. The average Bonchev–Trinajstić information content (AvgIpc) is 2.63. The zero-order valence-corrected chi connectivity index (χ0v) is 14.8. The molecule has 5 nitrogen and oxygen atoms in total. The summed E-state index contributed by atoms with van der Waals surface area (Å²) >= 11 is 0. The van der Waals surface area contributed by atoms with E-state index in [0.717, 1.165) is 35.3 Å². The molecule has 5 heteroatoms. The lowest BCUT2D eigenvalue weighted by atomic mass is 10.1. The monoisotopic (exact) mass is 334 g/mol. The van der Waals surface area contributed by atoms with Crippen LogP contribution in [-0.2, 0) is 0 Å². The molecule has 3 rings (SSSR count). The van der Waals surface area contributed by atoms with Crippen molar-refractivity contribution in [2.24, 2.45) is 0 Å². The van der Waals surface area contributed by atoms with Gasteiger partial charge in [0, 0.05) is 12.2 Å². The van der Waals surface area contributed by atoms with E-state index < -0.39 is 0 Å². The van der Waals surface area contributed by atoms with E-state index in [1.807, 2.05) is 56.3 Å². The predicted molar refractivity (Wildman–Crippen MR) is 102 cm³/mol. The van der Waals surface area contributed by atoms with Gasteiger partial charge in [-0.3, -0.25) is 4.79 Å². The number of aromatic nitrogens is 2. The molecule has 0 aliphatic carbocycles. The summed E-state index contributed by atoms with van der Waals surface area (Å²) in [5.74, 6) is 0.258. The topological polar surface area (TPSA) is 66.9 Å². The zero-order chi connectivity index (χ0) is 17.8. The van der Waals surface area contributed by atoms with Gasteiger partial charge in [-0.15, -0.1) is 0 Å². The Morgan fingerprint density at radius 1 is 1.00 bits per heavy atom. The molecule has 0 unspecified atom stereocenters. The number of fused-ring (bicyclic) bond motifs is 1. The van der Waals surface area contributed by atoms with Crippen molar-refractivity contribution in [3.8, 4) is 0 Å². The first-order valence-electron chi connectivity index (χ1n) is 8.48. The maximum absolute atomic E-state index is 12.9. The third-order valence-corrected chi connectivity index (χ3v) is 4.18. The van der Waals surface area contributed by atoms with E-state index in [4.69, 9.17) is 0 Å². The van der Waals surface area contributed by atoms with Crippen molar-refractivity contribution in [1.82, 2.24) is 9.97 Å². The minimum Gasteiger partial charge on any atom is -0.368 e. The number of nitrogens with zero attached hydrogens (tertiary/aromatic N) is 2. The summed E-state index contributed by atoms with van der Waals surface area (Å²) in [6.45, 7) is 6.82. The largest absolute Gasteiger partial charge is 0.368 e. The minimum atomic E-state index is -0.259. The highest BCUT2D eigenvalue weighted by molar-refractivity contribution is 6.07. The van der Waals surface area contributed by atoms with Gasteiger partial charge in [0.25, 0.3) is 5.91 Å². The number of carbonyl (C=O) groups is 1. The first-order valence-corrected chi connectivity index (χ1v) is 8.48. The number of rotatable bonds is 5. The highest BCUT2D eigenvalue weighted by Crippen LogP contribution is 2.21. The fraction of sp³-hybridized carbons (Fsp3) is 0.250. The summed E-state index contributed by atoms with van der Waals surface area (Å²) in [7, 11) is 0. The Balaban J connectivity index is 2.00. The molecule has 0 saturated carbocycles. The molecule has 0 atom stereocenters. The van der Waals surface area contributed by atoms with Crippen molar-refractivity contribution in [1.29, 1.82) is 0 Å². The van der Waals surface area contributed by atoms with Gasteiger partial charge in [0.05, 0.1) is 11.0 Å². The van der Waals surface area contributed by atoms with Crippen LogP contribution in [0.2, 0.25) is 0 Å². The Hall–Kier alpha value is -2.95. The van der Waals surface area contributed by atoms with Gasteiger partial charge in [-0.25, -0.2) is 9.97 Å². The van der Waals surface area contributed by atoms with E-state index in [2.05, 4.69) is 27.5 Å². The number of anilines is 2. The van der Waals surface area contributed by atoms with Crippen LogP contribution in [-0.4, -0.2) is 22.4 Å². The van der Waals surface area contributed by atoms with Gasteiger partial charge < -0.3 is 10.6 Å². The Kier molecular flexibility index (Phi) is 4.93. The van der Waals surface area contributed by atoms with Gasteiger partial charge in [-0.1, -0.05) is 31.2 Å². The van der Waals surface area contributed by atoms with E-state index in [1.54, 1.807) is 0 Å². The van der Waals surface area contributed by atoms with Crippen molar-refractivity contribution < 1.29 is 4.79 Å². The number of nitrogens with one attached hydrogen (secondary N) is 2. The zero-order valence-electron chi connectivity index (χ0n) is 14.8. The standard InChI is InChI=1S/C20H22N4O/c1-4-12-21-19-18(22-16-9-5-6-10-17(16)23-19)20(25)24-15-11-7-8-13(2)14(15)3/h5-11H,4,12H2,1-3H3,(H,21,23)(H,24,25). The van der Waals surface area contributed by atoms with Crippen LogP contribution >= 0.6 is 0 Å². The normalized spacial score (nSPS) is 10.7. The maximum Gasteiger partial charge on any atom is 0.278 e. The van der Waals surface area contributed by atoms with E-state index in [1.165, 1.54) is 0 Å². The lowest BCUT2D eigenvalue weighted by molar-refractivity contribution is 0.102. The van der Waals surface area contributed by atoms with Crippen LogP contribution in [0.5, 0.6) is 0 Å². The first-order chi connectivity index (χ1) is 12.1. The summed E-state index contributed by atoms with van der Waals surface area (Å²) in [5.41, 5.74) is 4.76. The molecule has 0 bridgehead atoms. The van der Waals surface area contributed by atoms with Crippen LogP contribution in [0.1, 0.15) is 35.0 Å². The molecule has 0 fully saturated rings. The van der Waals surface area contributed by atoms with Gasteiger partial charge in [0.15, 0.2) is 11.5 Å². The number of hydrogen-bond donors (Lipinski definition) is 2. The Bertz CT molecular complexity index is 921. The third-order valence-electron chi connectivity index (χ3n) is 4.18. The van der Waals surface area contributed by atoms with E-state index >= 15 is 0 Å². The molecule has 3 aromatic rings. The van der Waals surface area contributed by atoms with Crippen LogP contribution in [0.3, 0.4) is 0 Å². The molecule has 2 N–H and O–H groups in total. The van der Waals surface area contributed by atoms with E-state index in [0.29, 0.717) is 17.0 Å². The summed E-state index contributed by atoms with van der Waals surface area (Å²) in [6, 6.07) is 13.4. The number of amides is 1. The molecular weight excluding hydrogens is 312 g/mol. The lowest BCUT2D eigenvalue weighted by Gasteiger charge is -2.13. The van der Waals surface area contributed by atoms with Gasteiger partial charge >= 0.3 is 0 Å². The van der Waals surface area contributed by atoms with Crippen LogP contribution in [0.4, 0.5) is 11.5 Å². The molecule has 0 spiro atoms. The second kappa shape index (κ2) is 7.30. The quantitative estimate of drug-likeness (QED) is 0.729. The summed E-state index contributed by atoms with van der Waals surface area (Å²) in [6.07, 6.45) is 0.937. The predicted octanol–water partition coefficient (Wildman–Crippen LogP) is 4.32. The Morgan fingerprint density at radius 2 is 1.72 bits per heavy atom. The molecule has 25 heavy (non-hydrogen) atoms. The number of aryl methyl sites for hydroxylation is 1. The molecular formula is C20H22N4O.